The number of aliphatic carboxylic acids is 1. The summed E-state index contributed by atoms with van der Waals surface area (Å²) in [7, 11) is 1.81. The first-order valence-electron chi connectivity index (χ1n) is 14.4. The van der Waals surface area contributed by atoms with Gasteiger partial charge in [0, 0.05) is 30.9 Å². The third-order valence-electron chi connectivity index (χ3n) is 7.09. The summed E-state index contributed by atoms with van der Waals surface area (Å²) in [5.41, 5.74) is 1.98. The van der Waals surface area contributed by atoms with E-state index in [9.17, 15) is 19.5 Å². The first-order valence-corrected chi connectivity index (χ1v) is 14.4. The number of aromatic nitrogens is 2. The normalized spacial score (nSPS) is 12.2. The van der Waals surface area contributed by atoms with Gasteiger partial charge in [0.05, 0.1) is 11.6 Å². The molecular formula is C31H47N3O4. The van der Waals surface area contributed by atoms with Gasteiger partial charge in [0.2, 0.25) is 5.91 Å². The molecule has 210 valence electrons. The number of carbonyl (C=O) groups is 2. The Morgan fingerprint density at radius 3 is 2.03 bits per heavy atom. The van der Waals surface area contributed by atoms with Crippen molar-refractivity contribution in [3.8, 4) is 5.69 Å². The molecule has 0 fully saturated rings. The number of anilines is 1. The Morgan fingerprint density at radius 2 is 1.50 bits per heavy atom. The minimum atomic E-state index is -0.965. The smallest absolute Gasteiger partial charge is 0.307 e. The molecule has 1 aromatic carbocycles. The summed E-state index contributed by atoms with van der Waals surface area (Å²) in [5.74, 6) is -2.06. The quantitative estimate of drug-likeness (QED) is 0.150. The molecule has 0 aliphatic rings. The van der Waals surface area contributed by atoms with Crippen LogP contribution >= 0.6 is 0 Å². The summed E-state index contributed by atoms with van der Waals surface area (Å²) < 4.78 is 3.31. The van der Waals surface area contributed by atoms with E-state index in [0.717, 1.165) is 18.5 Å². The van der Waals surface area contributed by atoms with Crippen LogP contribution in [-0.2, 0) is 16.6 Å². The van der Waals surface area contributed by atoms with Crippen LogP contribution in [0.1, 0.15) is 103 Å². The number of hydrogen-bond acceptors (Lipinski definition) is 3. The highest BCUT2D eigenvalue weighted by molar-refractivity contribution is 5.93. The maximum Gasteiger partial charge on any atom is 0.307 e. The van der Waals surface area contributed by atoms with E-state index in [1.165, 1.54) is 64.2 Å². The van der Waals surface area contributed by atoms with Crippen LogP contribution in [0.2, 0.25) is 0 Å². The second-order valence-electron chi connectivity index (χ2n) is 10.3. The second kappa shape index (κ2) is 17.4. The maximum atomic E-state index is 12.5. The van der Waals surface area contributed by atoms with Crippen LogP contribution in [0, 0.1) is 12.8 Å². The zero-order chi connectivity index (χ0) is 27.8. The number of carbonyl (C=O) groups excluding carboxylic acids is 1. The number of aryl methyl sites for hydroxylation is 1. The average molecular weight is 526 g/mol. The third-order valence-corrected chi connectivity index (χ3v) is 7.09. The van der Waals surface area contributed by atoms with Crippen LogP contribution in [0.15, 0.2) is 47.3 Å². The van der Waals surface area contributed by atoms with E-state index in [1.54, 1.807) is 39.7 Å². The number of nitrogens with zero attached hydrogens (tertiary/aromatic N) is 2. The lowest BCUT2D eigenvalue weighted by molar-refractivity contribution is -0.143. The van der Waals surface area contributed by atoms with E-state index in [4.69, 9.17) is 0 Å². The predicted molar refractivity (Wildman–Crippen MR) is 155 cm³/mol. The maximum absolute atomic E-state index is 12.5. The molecule has 0 bridgehead atoms. The lowest BCUT2D eigenvalue weighted by Gasteiger charge is -2.12. The lowest BCUT2D eigenvalue weighted by atomic mass is 10.00. The van der Waals surface area contributed by atoms with Gasteiger partial charge in [0.1, 0.15) is 0 Å². The van der Waals surface area contributed by atoms with Crippen LogP contribution in [0.25, 0.3) is 5.69 Å². The highest BCUT2D eigenvalue weighted by atomic mass is 16.4. The van der Waals surface area contributed by atoms with Crippen molar-refractivity contribution in [2.24, 2.45) is 13.0 Å². The highest BCUT2D eigenvalue weighted by Crippen LogP contribution is 2.17. The molecule has 7 nitrogen and oxygen atoms in total. The monoisotopic (exact) mass is 525 g/mol. The number of amides is 1. The predicted octanol–water partition coefficient (Wildman–Crippen LogP) is 7.16. The number of carboxylic acid groups (broad SMARTS) is 1. The van der Waals surface area contributed by atoms with Gasteiger partial charge in [0.25, 0.3) is 5.56 Å². The Labute approximate surface area is 227 Å². The van der Waals surface area contributed by atoms with Gasteiger partial charge in [-0.25, -0.2) is 4.68 Å². The summed E-state index contributed by atoms with van der Waals surface area (Å²) in [6.45, 7) is 4.11. The van der Waals surface area contributed by atoms with Gasteiger partial charge >= 0.3 is 5.97 Å². The van der Waals surface area contributed by atoms with Gasteiger partial charge in [-0.05, 0) is 50.5 Å². The van der Waals surface area contributed by atoms with Gasteiger partial charge in [0.15, 0.2) is 0 Å². The molecule has 38 heavy (non-hydrogen) atoms. The molecule has 2 N–H and O–H groups in total. The standard InChI is InChI=1S/C31H47N3O4/c1-4-5-6-7-8-9-10-11-12-13-14-15-16-17-18-26(31(37)38)24-29(35)32-27-19-21-28(22-20-27)34-30(36)23-25(2)33(34)3/h16-17,19-23,26H,4-15,18,24H2,1-3H3,(H,32,35)(H,37,38). The summed E-state index contributed by atoms with van der Waals surface area (Å²) in [5, 5.41) is 12.3. The lowest BCUT2D eigenvalue weighted by Crippen LogP contribution is -2.22. The summed E-state index contributed by atoms with van der Waals surface area (Å²) in [6.07, 6.45) is 19.5. The molecule has 0 spiro atoms. The van der Waals surface area contributed by atoms with E-state index in [0.29, 0.717) is 17.8 Å². The van der Waals surface area contributed by atoms with E-state index in [2.05, 4.69) is 12.2 Å². The summed E-state index contributed by atoms with van der Waals surface area (Å²) in [6, 6.07) is 8.50. The van der Waals surface area contributed by atoms with Crippen molar-refractivity contribution >= 4 is 17.6 Å². The van der Waals surface area contributed by atoms with Gasteiger partial charge in [-0.1, -0.05) is 83.3 Å². The molecule has 1 unspecified atom stereocenters. The largest absolute Gasteiger partial charge is 0.481 e. The molecule has 0 saturated carbocycles. The van der Waals surface area contributed by atoms with Gasteiger partial charge in [-0.15, -0.1) is 0 Å². The number of rotatable bonds is 19. The SMILES string of the molecule is CCCCCCCCCCCCCC=CCC(CC(=O)Nc1ccc(-n2c(=O)cc(C)n2C)cc1)C(=O)O. The molecular weight excluding hydrogens is 478 g/mol. The molecule has 0 aliphatic carbocycles. The number of hydrogen-bond donors (Lipinski definition) is 2. The van der Waals surface area contributed by atoms with Crippen molar-refractivity contribution in [2.75, 3.05) is 5.32 Å². The molecule has 2 rings (SSSR count). The Bertz CT molecular complexity index is 1070. The van der Waals surface area contributed by atoms with Gasteiger partial charge in [-0.3, -0.25) is 19.1 Å². The Morgan fingerprint density at radius 1 is 0.921 bits per heavy atom. The van der Waals surface area contributed by atoms with Crippen LogP contribution in [0.4, 0.5) is 5.69 Å². The van der Waals surface area contributed by atoms with Crippen LogP contribution in [0.5, 0.6) is 0 Å². The molecule has 0 saturated heterocycles. The molecule has 0 radical (unpaired) electrons. The van der Waals surface area contributed by atoms with Crippen molar-refractivity contribution in [3.63, 3.8) is 0 Å². The van der Waals surface area contributed by atoms with Gasteiger partial charge in [-0.2, -0.15) is 0 Å². The molecule has 2 aromatic rings. The minimum absolute atomic E-state index is 0.0870. The van der Waals surface area contributed by atoms with Crippen molar-refractivity contribution in [1.29, 1.82) is 0 Å². The van der Waals surface area contributed by atoms with E-state index < -0.39 is 11.9 Å². The summed E-state index contributed by atoms with van der Waals surface area (Å²) in [4.78, 5) is 36.3. The van der Waals surface area contributed by atoms with Crippen molar-refractivity contribution in [3.05, 3.63) is 58.5 Å². The summed E-state index contributed by atoms with van der Waals surface area (Å²) >= 11 is 0. The average Bonchev–Trinajstić information content (AvgIpc) is 3.14. The number of carboxylic acids is 1. The van der Waals surface area contributed by atoms with E-state index >= 15 is 0 Å². The second-order valence-corrected chi connectivity index (χ2v) is 10.3. The molecule has 1 heterocycles. The Balaban J connectivity index is 1.66. The minimum Gasteiger partial charge on any atom is -0.481 e. The van der Waals surface area contributed by atoms with Gasteiger partial charge < -0.3 is 10.4 Å². The third kappa shape index (κ3) is 11.1. The van der Waals surface area contributed by atoms with Crippen LogP contribution < -0.4 is 10.9 Å². The number of unbranched alkanes of at least 4 members (excludes halogenated alkanes) is 11. The first kappa shape index (κ1) is 31.1. The van der Waals surface area contributed by atoms with Crippen molar-refractivity contribution < 1.29 is 14.7 Å². The Hall–Kier alpha value is -3.09. The number of benzene rings is 1. The zero-order valence-corrected chi connectivity index (χ0v) is 23.6. The first-order chi connectivity index (χ1) is 18.3. The fourth-order valence-corrected chi connectivity index (χ4v) is 4.64. The molecule has 1 aromatic heterocycles. The zero-order valence-electron chi connectivity index (χ0n) is 23.6. The highest BCUT2D eigenvalue weighted by Gasteiger charge is 2.20. The number of nitrogens with one attached hydrogen (secondary N) is 1. The number of allylic oxidation sites excluding steroid dienone is 2. The molecule has 0 aliphatic heterocycles. The van der Waals surface area contributed by atoms with E-state index in [-0.39, 0.29) is 17.9 Å². The van der Waals surface area contributed by atoms with E-state index in [1.807, 2.05) is 26.1 Å². The van der Waals surface area contributed by atoms with Crippen molar-refractivity contribution in [2.45, 2.75) is 104 Å². The topological polar surface area (TPSA) is 93.3 Å². The Kier molecular flexibility index (Phi) is 14.3. The fraction of sp³-hybridized carbons (Fsp3) is 0.581. The van der Waals surface area contributed by atoms with Crippen molar-refractivity contribution in [1.82, 2.24) is 9.36 Å². The van der Waals surface area contributed by atoms with Crippen LogP contribution in [-0.4, -0.2) is 26.3 Å². The molecule has 1 amide bonds. The van der Waals surface area contributed by atoms with Crippen LogP contribution in [0.3, 0.4) is 0 Å². The molecule has 7 heteroatoms. The molecule has 1 atom stereocenters. The fourth-order valence-electron chi connectivity index (χ4n) is 4.64.